The standard InChI is InChI=1S/C17H15BrN2/c18-15-6-7-16-14(10-15)8-9-17(16,12-19)20-11-13-4-2-1-3-5-13/h1-7,10,20H,8-9,11H2. The van der Waals surface area contributed by atoms with Crippen molar-refractivity contribution >= 4 is 15.9 Å². The Bertz CT molecular complexity index is 660. The molecule has 0 amide bonds. The molecule has 0 aromatic heterocycles. The van der Waals surface area contributed by atoms with Crippen molar-refractivity contribution in [2.24, 2.45) is 0 Å². The van der Waals surface area contributed by atoms with Crippen LogP contribution < -0.4 is 5.32 Å². The summed E-state index contributed by atoms with van der Waals surface area (Å²) in [7, 11) is 0. The number of fused-ring (bicyclic) bond motifs is 1. The third kappa shape index (κ3) is 2.37. The molecule has 1 aliphatic rings. The summed E-state index contributed by atoms with van der Waals surface area (Å²) in [5.74, 6) is 0. The second kappa shape index (κ2) is 5.40. The Morgan fingerprint density at radius 1 is 1.20 bits per heavy atom. The van der Waals surface area contributed by atoms with E-state index in [9.17, 15) is 5.26 Å². The lowest BCUT2D eigenvalue weighted by atomic mass is 9.93. The van der Waals surface area contributed by atoms with Gasteiger partial charge in [-0.05, 0) is 41.7 Å². The van der Waals surface area contributed by atoms with Crippen LogP contribution in [0.15, 0.2) is 53.0 Å². The minimum absolute atomic E-state index is 0.550. The molecule has 3 rings (SSSR count). The van der Waals surface area contributed by atoms with Crippen LogP contribution in [0.2, 0.25) is 0 Å². The molecule has 1 atom stereocenters. The zero-order valence-electron chi connectivity index (χ0n) is 11.1. The molecule has 0 spiro atoms. The van der Waals surface area contributed by atoms with Crippen LogP contribution in [0.1, 0.15) is 23.1 Å². The van der Waals surface area contributed by atoms with Crippen LogP contribution in [0.3, 0.4) is 0 Å². The number of benzene rings is 2. The van der Waals surface area contributed by atoms with Crippen molar-refractivity contribution in [2.45, 2.75) is 24.9 Å². The molecule has 0 saturated heterocycles. The van der Waals surface area contributed by atoms with Crippen molar-refractivity contribution in [2.75, 3.05) is 0 Å². The lowest BCUT2D eigenvalue weighted by Gasteiger charge is -2.24. The van der Waals surface area contributed by atoms with Crippen LogP contribution in [0.25, 0.3) is 0 Å². The van der Waals surface area contributed by atoms with E-state index in [-0.39, 0.29) is 0 Å². The Kier molecular flexibility index (Phi) is 3.60. The molecule has 0 aliphatic heterocycles. The van der Waals surface area contributed by atoms with E-state index in [0.29, 0.717) is 6.54 Å². The van der Waals surface area contributed by atoms with Crippen LogP contribution in [0.4, 0.5) is 0 Å². The molecule has 20 heavy (non-hydrogen) atoms. The van der Waals surface area contributed by atoms with Crippen molar-refractivity contribution in [1.82, 2.24) is 5.32 Å². The van der Waals surface area contributed by atoms with Gasteiger partial charge in [0.05, 0.1) is 6.07 Å². The third-order valence-electron chi connectivity index (χ3n) is 3.92. The molecule has 0 bridgehead atoms. The number of nitrogens with zero attached hydrogens (tertiary/aromatic N) is 1. The Morgan fingerprint density at radius 3 is 2.75 bits per heavy atom. The van der Waals surface area contributed by atoms with Gasteiger partial charge in [-0.15, -0.1) is 0 Å². The fourth-order valence-corrected chi connectivity index (χ4v) is 3.24. The molecule has 3 heteroatoms. The van der Waals surface area contributed by atoms with E-state index in [1.807, 2.05) is 24.3 Å². The Hall–Kier alpha value is -1.63. The van der Waals surface area contributed by atoms with E-state index in [4.69, 9.17) is 0 Å². The predicted octanol–water partition coefficient (Wildman–Crippen LogP) is 3.90. The van der Waals surface area contributed by atoms with Crippen molar-refractivity contribution in [3.63, 3.8) is 0 Å². The average molecular weight is 327 g/mol. The smallest absolute Gasteiger partial charge is 0.133 e. The van der Waals surface area contributed by atoms with Crippen LogP contribution in [-0.2, 0) is 18.5 Å². The number of hydrogen-bond donors (Lipinski definition) is 1. The topological polar surface area (TPSA) is 35.8 Å². The minimum atomic E-state index is -0.550. The van der Waals surface area contributed by atoms with Crippen molar-refractivity contribution in [3.05, 3.63) is 69.7 Å². The van der Waals surface area contributed by atoms with Gasteiger partial charge in [0.2, 0.25) is 0 Å². The van der Waals surface area contributed by atoms with Crippen molar-refractivity contribution in [1.29, 1.82) is 5.26 Å². The normalized spacial score (nSPS) is 20.4. The molecule has 0 radical (unpaired) electrons. The molecule has 1 unspecified atom stereocenters. The lowest BCUT2D eigenvalue weighted by Crippen LogP contribution is -2.38. The first-order valence-electron chi connectivity index (χ1n) is 6.73. The molecular formula is C17H15BrN2. The van der Waals surface area contributed by atoms with E-state index in [0.717, 1.165) is 22.9 Å². The summed E-state index contributed by atoms with van der Waals surface area (Å²) < 4.78 is 1.08. The lowest BCUT2D eigenvalue weighted by molar-refractivity contribution is 0.423. The van der Waals surface area contributed by atoms with Gasteiger partial charge in [0.15, 0.2) is 0 Å². The first-order valence-corrected chi connectivity index (χ1v) is 7.52. The minimum Gasteiger partial charge on any atom is -0.292 e. The Balaban J connectivity index is 1.86. The number of hydrogen-bond acceptors (Lipinski definition) is 2. The summed E-state index contributed by atoms with van der Waals surface area (Å²) in [5, 5.41) is 13.1. The van der Waals surface area contributed by atoms with Gasteiger partial charge in [-0.25, -0.2) is 0 Å². The van der Waals surface area contributed by atoms with Gasteiger partial charge in [0.1, 0.15) is 5.54 Å². The van der Waals surface area contributed by atoms with Gasteiger partial charge in [0.25, 0.3) is 0 Å². The SMILES string of the molecule is N#CC1(NCc2ccccc2)CCc2cc(Br)ccc21. The highest BCUT2D eigenvalue weighted by molar-refractivity contribution is 9.10. The zero-order valence-corrected chi connectivity index (χ0v) is 12.7. The van der Waals surface area contributed by atoms with Crippen LogP contribution in [0, 0.1) is 11.3 Å². The molecule has 1 aliphatic carbocycles. The summed E-state index contributed by atoms with van der Waals surface area (Å²) in [6.45, 7) is 0.712. The second-order valence-corrected chi connectivity index (χ2v) is 6.07. The summed E-state index contributed by atoms with van der Waals surface area (Å²) in [4.78, 5) is 0. The summed E-state index contributed by atoms with van der Waals surface area (Å²) in [6.07, 6.45) is 1.78. The highest BCUT2D eigenvalue weighted by Gasteiger charge is 2.38. The van der Waals surface area contributed by atoms with E-state index in [1.165, 1.54) is 11.1 Å². The maximum absolute atomic E-state index is 9.69. The van der Waals surface area contributed by atoms with Crippen molar-refractivity contribution < 1.29 is 0 Å². The number of nitrogens with one attached hydrogen (secondary N) is 1. The Labute approximate surface area is 127 Å². The van der Waals surface area contributed by atoms with E-state index < -0.39 is 5.54 Å². The number of halogens is 1. The zero-order chi connectivity index (χ0) is 14.0. The van der Waals surface area contributed by atoms with Crippen LogP contribution in [-0.4, -0.2) is 0 Å². The molecule has 2 aromatic carbocycles. The maximum atomic E-state index is 9.69. The predicted molar refractivity (Wildman–Crippen MR) is 83.0 cm³/mol. The maximum Gasteiger partial charge on any atom is 0.133 e. The monoisotopic (exact) mass is 326 g/mol. The van der Waals surface area contributed by atoms with Gasteiger partial charge in [-0.1, -0.05) is 52.3 Å². The van der Waals surface area contributed by atoms with Gasteiger partial charge < -0.3 is 0 Å². The average Bonchev–Trinajstić information content (AvgIpc) is 2.85. The largest absolute Gasteiger partial charge is 0.292 e. The van der Waals surface area contributed by atoms with Crippen molar-refractivity contribution in [3.8, 4) is 6.07 Å². The molecule has 0 saturated carbocycles. The second-order valence-electron chi connectivity index (χ2n) is 5.16. The molecule has 100 valence electrons. The van der Waals surface area contributed by atoms with Gasteiger partial charge in [-0.3, -0.25) is 5.32 Å². The van der Waals surface area contributed by atoms with E-state index >= 15 is 0 Å². The summed E-state index contributed by atoms with van der Waals surface area (Å²) >= 11 is 3.50. The van der Waals surface area contributed by atoms with Gasteiger partial charge in [0, 0.05) is 11.0 Å². The molecule has 0 heterocycles. The fourth-order valence-electron chi connectivity index (χ4n) is 2.83. The Morgan fingerprint density at radius 2 is 2.00 bits per heavy atom. The molecule has 2 aromatic rings. The van der Waals surface area contributed by atoms with Gasteiger partial charge in [-0.2, -0.15) is 5.26 Å². The number of rotatable bonds is 3. The summed E-state index contributed by atoms with van der Waals surface area (Å²) in [6, 6.07) is 18.9. The molecule has 0 fully saturated rings. The number of aryl methyl sites for hydroxylation is 1. The van der Waals surface area contributed by atoms with Crippen LogP contribution in [0.5, 0.6) is 0 Å². The first kappa shape index (κ1) is 13.4. The molecule has 1 N–H and O–H groups in total. The third-order valence-corrected chi connectivity index (χ3v) is 4.42. The summed E-state index contributed by atoms with van der Waals surface area (Å²) in [5.41, 5.74) is 3.04. The number of nitriles is 1. The van der Waals surface area contributed by atoms with Crippen LogP contribution >= 0.6 is 15.9 Å². The fraction of sp³-hybridized carbons (Fsp3) is 0.235. The molecular weight excluding hydrogens is 312 g/mol. The quantitative estimate of drug-likeness (QED) is 0.928. The van der Waals surface area contributed by atoms with Gasteiger partial charge >= 0.3 is 0 Å². The first-order chi connectivity index (χ1) is 9.73. The molecule has 2 nitrogen and oxygen atoms in total. The van der Waals surface area contributed by atoms with E-state index in [1.54, 1.807) is 0 Å². The highest BCUT2D eigenvalue weighted by atomic mass is 79.9. The highest BCUT2D eigenvalue weighted by Crippen LogP contribution is 2.38. The van der Waals surface area contributed by atoms with E-state index in [2.05, 4.69) is 51.6 Å².